The van der Waals surface area contributed by atoms with Crippen molar-refractivity contribution in [2.75, 3.05) is 13.1 Å². The van der Waals surface area contributed by atoms with Crippen molar-refractivity contribution in [1.29, 1.82) is 0 Å². The van der Waals surface area contributed by atoms with Crippen LogP contribution in [0.4, 0.5) is 0 Å². The fraction of sp³-hybridized carbons (Fsp3) is 0.500. The molecule has 0 aliphatic rings. The number of rotatable bonds is 4. The van der Waals surface area contributed by atoms with Crippen LogP contribution in [0.15, 0.2) is 0 Å². The molecule has 9 heavy (non-hydrogen) atoms. The molecule has 52 valence electrons. The van der Waals surface area contributed by atoms with Crippen molar-refractivity contribution in [2.45, 2.75) is 0 Å². The molecule has 0 aromatic carbocycles. The summed E-state index contributed by atoms with van der Waals surface area (Å²) in [5.41, 5.74) is 0. The van der Waals surface area contributed by atoms with E-state index in [-0.39, 0.29) is 13.1 Å². The molecular formula is C4H9NO4+2. The summed E-state index contributed by atoms with van der Waals surface area (Å²) in [7, 11) is 0. The number of nitrogens with one attached hydrogen (secondary N) is 1. The van der Waals surface area contributed by atoms with Crippen LogP contribution in [0.3, 0.4) is 0 Å². The molecule has 0 aliphatic heterocycles. The van der Waals surface area contributed by atoms with Crippen LogP contribution in [0, 0.1) is 0 Å². The molecule has 0 aromatic heterocycles. The van der Waals surface area contributed by atoms with E-state index in [4.69, 9.17) is 10.2 Å². The molecule has 0 saturated heterocycles. The van der Waals surface area contributed by atoms with Crippen molar-refractivity contribution in [1.82, 2.24) is 5.32 Å². The molecule has 0 atom stereocenters. The molecule has 0 amide bonds. The molecule has 5 N–H and O–H groups in total. The van der Waals surface area contributed by atoms with Crippen molar-refractivity contribution in [3.8, 4) is 0 Å². The highest BCUT2D eigenvalue weighted by Gasteiger charge is 2.08. The Labute approximate surface area is 51.3 Å². The van der Waals surface area contributed by atoms with Crippen LogP contribution in [0.25, 0.3) is 0 Å². The van der Waals surface area contributed by atoms with Gasteiger partial charge in [-0.3, -0.25) is 5.32 Å². The first-order valence-corrected chi connectivity index (χ1v) is 2.32. The van der Waals surface area contributed by atoms with E-state index < -0.39 is 11.9 Å². The van der Waals surface area contributed by atoms with Crippen molar-refractivity contribution in [3.05, 3.63) is 0 Å². The minimum atomic E-state index is -0.781. The lowest BCUT2D eigenvalue weighted by Crippen LogP contribution is -2.27. The Bertz CT molecular complexity index is 108. The molecule has 0 spiro atoms. The minimum absolute atomic E-state index is 0.162. The summed E-state index contributed by atoms with van der Waals surface area (Å²) in [6.45, 7) is -0.324. The van der Waals surface area contributed by atoms with E-state index in [0.717, 1.165) is 0 Å². The van der Waals surface area contributed by atoms with Gasteiger partial charge in [-0.05, 0) is 0 Å². The fourth-order valence-electron chi connectivity index (χ4n) is 0.290. The molecule has 5 nitrogen and oxygen atoms in total. The molecule has 0 radical (unpaired) electrons. The molecular weight excluding hydrogens is 126 g/mol. The van der Waals surface area contributed by atoms with Crippen LogP contribution in [0.5, 0.6) is 0 Å². The topological polar surface area (TPSA) is 92.0 Å². The molecule has 0 bridgehead atoms. The molecule has 5 heteroatoms. The molecule has 0 aliphatic carbocycles. The average Bonchev–Trinajstić information content (AvgIpc) is 1.63. The first-order valence-electron chi connectivity index (χ1n) is 2.32. The third-order valence-corrected chi connectivity index (χ3v) is 0.571. The van der Waals surface area contributed by atoms with Crippen LogP contribution in [-0.2, 0) is 9.59 Å². The van der Waals surface area contributed by atoms with Gasteiger partial charge in [-0.1, -0.05) is 0 Å². The van der Waals surface area contributed by atoms with Gasteiger partial charge >= 0.3 is 11.9 Å². The lowest BCUT2D eigenvalue weighted by Gasteiger charge is -1.86. The van der Waals surface area contributed by atoms with Gasteiger partial charge in [0.15, 0.2) is 13.1 Å². The van der Waals surface area contributed by atoms with Gasteiger partial charge in [-0.25, -0.2) is 0 Å². The van der Waals surface area contributed by atoms with E-state index in [1.54, 1.807) is 0 Å². The summed E-state index contributed by atoms with van der Waals surface area (Å²) in [5.74, 6) is -1.56. The Morgan fingerprint density at radius 2 is 1.44 bits per heavy atom. The van der Waals surface area contributed by atoms with E-state index in [1.807, 2.05) is 0 Å². The normalized spacial score (nSPS) is 8.89. The summed E-state index contributed by atoms with van der Waals surface area (Å²) in [4.78, 5) is 19.7. The Morgan fingerprint density at radius 1 is 1.11 bits per heavy atom. The lowest BCUT2D eigenvalue weighted by atomic mass is 10.6. The van der Waals surface area contributed by atoms with Gasteiger partial charge in [0.05, 0.1) is 0 Å². The lowest BCUT2D eigenvalue weighted by molar-refractivity contribution is -0.137. The largest absolute Gasteiger partial charge is 0.564 e. The summed E-state index contributed by atoms with van der Waals surface area (Å²) in [5, 5.41) is 15.0. The summed E-state index contributed by atoms with van der Waals surface area (Å²) in [6, 6.07) is 0. The number of hydrogen-bond acceptors (Lipinski definition) is 3. The number of hydrogen-bond donors (Lipinski definition) is 1. The third kappa shape index (κ3) is 6.90. The highest BCUT2D eigenvalue weighted by atomic mass is 16.4. The Balaban J connectivity index is 3.10. The van der Waals surface area contributed by atoms with E-state index in [2.05, 4.69) is 5.32 Å². The van der Waals surface area contributed by atoms with Gasteiger partial charge in [0.2, 0.25) is 0 Å². The second-order valence-corrected chi connectivity index (χ2v) is 1.45. The summed E-state index contributed by atoms with van der Waals surface area (Å²) in [6.07, 6.45) is 0. The SMILES string of the molecule is O=C([OH2+])CNCC(=O)[OH2+]. The van der Waals surface area contributed by atoms with Crippen molar-refractivity contribution < 1.29 is 19.8 Å². The van der Waals surface area contributed by atoms with Gasteiger partial charge in [0.25, 0.3) is 0 Å². The Kier molecular flexibility index (Phi) is 3.38. The number of carbonyl (C=O) groups is 2. The standard InChI is InChI=1S/C4H7NO4/c6-3(7)1-5-2-4(8)9/h5H,1-2H2,(H,6,7)(H,8,9)/p+2. The van der Waals surface area contributed by atoms with Gasteiger partial charge < -0.3 is 10.2 Å². The van der Waals surface area contributed by atoms with Crippen LogP contribution in [-0.4, -0.2) is 35.2 Å². The van der Waals surface area contributed by atoms with Gasteiger partial charge in [0, 0.05) is 9.59 Å². The zero-order chi connectivity index (χ0) is 7.28. The third-order valence-electron chi connectivity index (χ3n) is 0.571. The molecule has 0 heterocycles. The van der Waals surface area contributed by atoms with Crippen molar-refractivity contribution in [2.24, 2.45) is 0 Å². The molecule has 0 unspecified atom stereocenters. The van der Waals surface area contributed by atoms with Gasteiger partial charge in [-0.2, -0.15) is 0 Å². The summed E-state index contributed by atoms with van der Waals surface area (Å²) >= 11 is 0. The zero-order valence-corrected chi connectivity index (χ0v) is 4.73. The molecule has 0 aromatic rings. The average molecular weight is 135 g/mol. The van der Waals surface area contributed by atoms with E-state index in [1.165, 1.54) is 0 Å². The van der Waals surface area contributed by atoms with Crippen LogP contribution < -0.4 is 5.32 Å². The van der Waals surface area contributed by atoms with Crippen LogP contribution in [0.2, 0.25) is 0 Å². The highest BCUT2D eigenvalue weighted by Crippen LogP contribution is 1.61. The highest BCUT2D eigenvalue weighted by molar-refractivity contribution is 5.72. The first kappa shape index (κ1) is 7.90. The molecule has 0 fully saturated rings. The van der Waals surface area contributed by atoms with Crippen molar-refractivity contribution >= 4 is 11.9 Å². The monoisotopic (exact) mass is 135 g/mol. The van der Waals surface area contributed by atoms with Crippen molar-refractivity contribution in [3.63, 3.8) is 0 Å². The van der Waals surface area contributed by atoms with Gasteiger partial charge in [0.1, 0.15) is 0 Å². The Hall–Kier alpha value is -1.10. The second kappa shape index (κ2) is 3.85. The Morgan fingerprint density at radius 3 is 1.67 bits per heavy atom. The molecule has 0 rings (SSSR count). The van der Waals surface area contributed by atoms with Crippen LogP contribution in [0.1, 0.15) is 0 Å². The predicted molar refractivity (Wildman–Crippen MR) is 30.1 cm³/mol. The summed E-state index contributed by atoms with van der Waals surface area (Å²) < 4.78 is 0. The van der Waals surface area contributed by atoms with E-state index in [9.17, 15) is 9.59 Å². The van der Waals surface area contributed by atoms with E-state index in [0.29, 0.717) is 0 Å². The maximum atomic E-state index is 9.86. The van der Waals surface area contributed by atoms with E-state index >= 15 is 0 Å². The first-order chi connectivity index (χ1) is 4.13. The second-order valence-electron chi connectivity index (χ2n) is 1.45. The zero-order valence-electron chi connectivity index (χ0n) is 4.73. The fourth-order valence-corrected chi connectivity index (χ4v) is 0.290. The van der Waals surface area contributed by atoms with Gasteiger partial charge in [-0.15, -0.1) is 0 Å². The predicted octanol–water partition coefficient (Wildman–Crippen LogP) is -2.92. The maximum Gasteiger partial charge on any atom is 0.530 e. The maximum absolute atomic E-state index is 9.86. The van der Waals surface area contributed by atoms with Crippen LogP contribution >= 0.6 is 0 Å². The minimum Gasteiger partial charge on any atom is -0.564 e. The number of carbonyl (C=O) groups excluding carboxylic acids is 2. The quantitative estimate of drug-likeness (QED) is 0.418. The smallest absolute Gasteiger partial charge is 0.530 e. The molecule has 0 saturated carbocycles.